The number of hydrogen-bond acceptors (Lipinski definition) is 5. The van der Waals surface area contributed by atoms with Crippen LogP contribution in [0.5, 0.6) is 0 Å². The highest BCUT2D eigenvalue weighted by Crippen LogP contribution is 2.29. The maximum Gasteiger partial charge on any atom is 0.339 e. The molecule has 0 aliphatic carbocycles. The summed E-state index contributed by atoms with van der Waals surface area (Å²) < 4.78 is 14.1. The van der Waals surface area contributed by atoms with Crippen molar-refractivity contribution in [3.8, 4) is 0 Å². The van der Waals surface area contributed by atoms with Crippen molar-refractivity contribution >= 4 is 79.7 Å². The molecule has 2 rings (SSSR count). The molecule has 0 aromatic heterocycles. The largest absolute Gasteiger partial charge is 0.462 e. The number of carbonyl (C=O) groups excluding carboxylic acids is 2. The fraction of sp³-hybridized carbons (Fsp3) is 0.600. The summed E-state index contributed by atoms with van der Waals surface area (Å²) in [6, 6.07) is 3.86. The number of benzene rings is 1. The van der Waals surface area contributed by atoms with E-state index >= 15 is 0 Å². The van der Waals surface area contributed by atoms with Gasteiger partial charge in [-0.1, -0.05) is 0 Å². The number of carbonyl (C=O) groups is 2. The monoisotopic (exact) mass is 725 g/mol. The van der Waals surface area contributed by atoms with Crippen LogP contribution in [0, 0.1) is 16.6 Å². The highest BCUT2D eigenvalue weighted by Gasteiger charge is 2.33. The smallest absolute Gasteiger partial charge is 0.339 e. The van der Waals surface area contributed by atoms with Crippen molar-refractivity contribution in [3.63, 3.8) is 0 Å². The molecule has 0 atom stereocenters. The van der Waals surface area contributed by atoms with Crippen molar-refractivity contribution in [3.05, 3.63) is 28.4 Å². The highest BCUT2D eigenvalue weighted by atomic mass is 127. The maximum atomic E-state index is 12.3. The first-order valence-electron chi connectivity index (χ1n) is 9.45. The van der Waals surface area contributed by atoms with Crippen LogP contribution >= 0.6 is 67.8 Å². The average molecular weight is 725 g/mol. The number of piperidine rings is 1. The first-order chi connectivity index (χ1) is 13.2. The van der Waals surface area contributed by atoms with Crippen LogP contribution in [-0.4, -0.2) is 37.2 Å². The lowest BCUT2D eigenvalue weighted by Gasteiger charge is -2.36. The van der Waals surface area contributed by atoms with Crippen LogP contribution in [-0.2, 0) is 14.3 Å². The minimum atomic E-state index is -0.427. The summed E-state index contributed by atoms with van der Waals surface area (Å²) in [6.45, 7) is 6.28. The lowest BCUT2D eigenvalue weighted by molar-refractivity contribution is -0.162. The maximum absolute atomic E-state index is 12.3. The quantitative estimate of drug-likeness (QED) is 0.174. The molecule has 0 saturated carbocycles. The van der Waals surface area contributed by atoms with Crippen LogP contribution in [0.15, 0.2) is 12.1 Å². The lowest BCUT2D eigenvalue weighted by Crippen LogP contribution is -2.42. The summed E-state index contributed by atoms with van der Waals surface area (Å²) in [6.07, 6.45) is 3.71. The molecule has 0 spiro atoms. The van der Waals surface area contributed by atoms with E-state index in [1.165, 1.54) is 0 Å². The zero-order chi connectivity index (χ0) is 20.7. The van der Waals surface area contributed by atoms with Gasteiger partial charge < -0.3 is 14.8 Å². The predicted octanol–water partition coefficient (Wildman–Crippen LogP) is 5.15. The van der Waals surface area contributed by atoms with Gasteiger partial charge in [-0.3, -0.25) is 4.79 Å². The predicted molar refractivity (Wildman–Crippen MR) is 134 cm³/mol. The van der Waals surface area contributed by atoms with Crippen LogP contribution in [0.4, 0.5) is 0 Å². The molecule has 1 fully saturated rings. The van der Waals surface area contributed by atoms with E-state index in [1.54, 1.807) is 0 Å². The first kappa shape index (κ1) is 24.6. The van der Waals surface area contributed by atoms with Crippen molar-refractivity contribution in [1.82, 2.24) is 5.32 Å². The van der Waals surface area contributed by atoms with E-state index in [-0.39, 0.29) is 11.9 Å². The molecule has 1 aromatic carbocycles. The van der Waals surface area contributed by atoms with Crippen molar-refractivity contribution in [2.24, 2.45) is 5.92 Å². The number of unbranched alkanes of at least 4 members (excludes halogenated alkanes) is 1. The summed E-state index contributed by atoms with van der Waals surface area (Å²) >= 11 is 6.58. The molecule has 8 heteroatoms. The van der Waals surface area contributed by atoms with E-state index in [1.807, 2.05) is 26.0 Å². The van der Waals surface area contributed by atoms with Crippen LogP contribution in [0.2, 0.25) is 0 Å². The Balaban J connectivity index is 1.70. The molecule has 0 unspecified atom stereocenters. The Morgan fingerprint density at radius 2 is 1.82 bits per heavy atom. The van der Waals surface area contributed by atoms with Gasteiger partial charge in [0.25, 0.3) is 0 Å². The van der Waals surface area contributed by atoms with Gasteiger partial charge in [-0.05, 0) is 133 Å². The van der Waals surface area contributed by atoms with Gasteiger partial charge in [-0.2, -0.15) is 0 Å². The molecule has 1 aliphatic heterocycles. The van der Waals surface area contributed by atoms with Gasteiger partial charge in [0.1, 0.15) is 5.60 Å². The highest BCUT2D eigenvalue weighted by molar-refractivity contribution is 14.1. The molecular formula is C20H26I3NO4. The summed E-state index contributed by atoms with van der Waals surface area (Å²) in [4.78, 5) is 24.5. The molecule has 1 aromatic rings. The van der Waals surface area contributed by atoms with Gasteiger partial charge in [-0.25, -0.2) is 4.79 Å². The summed E-state index contributed by atoms with van der Waals surface area (Å²) in [7, 11) is 0. The van der Waals surface area contributed by atoms with Crippen LogP contribution < -0.4 is 5.32 Å². The van der Waals surface area contributed by atoms with Gasteiger partial charge in [0, 0.05) is 23.0 Å². The number of esters is 2. The second kappa shape index (κ2) is 11.6. The van der Waals surface area contributed by atoms with Gasteiger partial charge in [0.05, 0.1) is 12.2 Å². The SMILES string of the molecule is CC(C)(OC(=O)CCCCOC(=O)c1cc(I)cc(I)c1I)C1CCNCC1. The van der Waals surface area contributed by atoms with Crippen LogP contribution in [0.3, 0.4) is 0 Å². The van der Waals surface area contributed by atoms with E-state index in [0.29, 0.717) is 37.4 Å². The minimum absolute atomic E-state index is 0.170. The third-order valence-corrected chi connectivity index (χ3v) is 8.59. The van der Waals surface area contributed by atoms with E-state index in [4.69, 9.17) is 9.47 Å². The molecule has 1 heterocycles. The summed E-state index contributed by atoms with van der Waals surface area (Å²) in [5.41, 5.74) is 0.171. The zero-order valence-corrected chi connectivity index (χ0v) is 22.6. The third-order valence-electron chi connectivity index (χ3n) is 4.92. The van der Waals surface area contributed by atoms with E-state index < -0.39 is 5.60 Å². The number of rotatable bonds is 8. The average Bonchev–Trinajstić information content (AvgIpc) is 2.64. The lowest BCUT2D eigenvalue weighted by atomic mass is 9.83. The van der Waals surface area contributed by atoms with Crippen LogP contribution in [0.1, 0.15) is 56.3 Å². The van der Waals surface area contributed by atoms with Gasteiger partial charge >= 0.3 is 11.9 Å². The zero-order valence-electron chi connectivity index (χ0n) is 16.2. The van der Waals surface area contributed by atoms with Crippen molar-refractivity contribution < 1.29 is 19.1 Å². The normalized spacial score (nSPS) is 15.3. The fourth-order valence-electron chi connectivity index (χ4n) is 3.26. The van der Waals surface area contributed by atoms with Crippen molar-refractivity contribution in [2.75, 3.05) is 19.7 Å². The number of hydrogen-bond donors (Lipinski definition) is 1. The molecular weight excluding hydrogens is 699 g/mol. The number of nitrogens with one attached hydrogen (secondary N) is 1. The number of ether oxygens (including phenoxy) is 2. The van der Waals surface area contributed by atoms with Crippen LogP contribution in [0.25, 0.3) is 0 Å². The van der Waals surface area contributed by atoms with Crippen molar-refractivity contribution in [2.45, 2.75) is 51.6 Å². The Morgan fingerprint density at radius 3 is 2.50 bits per heavy atom. The minimum Gasteiger partial charge on any atom is -0.462 e. The molecule has 0 amide bonds. The first-order valence-corrected chi connectivity index (χ1v) is 12.7. The number of halogens is 3. The Kier molecular flexibility index (Phi) is 10.2. The van der Waals surface area contributed by atoms with Gasteiger partial charge in [-0.15, -0.1) is 0 Å². The molecule has 156 valence electrons. The fourth-order valence-corrected chi connectivity index (χ4v) is 5.64. The molecule has 0 radical (unpaired) electrons. The second-order valence-corrected chi connectivity index (χ2v) is 10.9. The standard InChI is InChI=1S/C20H26I3NO4/c1-20(2,13-6-8-24-9-7-13)28-17(25)5-3-4-10-27-19(26)15-11-14(21)12-16(22)18(15)23/h11-13,24H,3-10H2,1-2H3. The Bertz CT molecular complexity index is 703. The van der Waals surface area contributed by atoms with E-state index in [0.717, 1.165) is 36.6 Å². The van der Waals surface area contributed by atoms with Gasteiger partial charge in [0.15, 0.2) is 0 Å². The van der Waals surface area contributed by atoms with E-state index in [9.17, 15) is 9.59 Å². The molecule has 1 saturated heterocycles. The summed E-state index contributed by atoms with van der Waals surface area (Å²) in [5.74, 6) is -0.0791. The molecule has 28 heavy (non-hydrogen) atoms. The Morgan fingerprint density at radius 1 is 1.14 bits per heavy atom. The Hall–Kier alpha value is 0.310. The second-order valence-electron chi connectivity index (χ2n) is 7.44. The molecule has 5 nitrogen and oxygen atoms in total. The molecule has 0 bridgehead atoms. The topological polar surface area (TPSA) is 64.6 Å². The van der Waals surface area contributed by atoms with E-state index in [2.05, 4.69) is 73.1 Å². The van der Waals surface area contributed by atoms with Crippen molar-refractivity contribution in [1.29, 1.82) is 0 Å². The Labute approximate surface area is 207 Å². The molecule has 1 N–H and O–H groups in total. The van der Waals surface area contributed by atoms with Gasteiger partial charge in [0.2, 0.25) is 0 Å². The summed E-state index contributed by atoms with van der Waals surface area (Å²) in [5, 5.41) is 3.34. The third kappa shape index (κ3) is 7.53. The molecule has 1 aliphatic rings.